The normalized spacial score (nSPS) is 12.5. The fraction of sp³-hybridized carbons (Fsp3) is 0.479. The molecule has 25 heteroatoms. The van der Waals surface area contributed by atoms with E-state index in [0.717, 1.165) is 34.0 Å². The van der Waals surface area contributed by atoms with Crippen molar-refractivity contribution in [3.8, 4) is 0 Å². The van der Waals surface area contributed by atoms with Gasteiger partial charge in [0.2, 0.25) is 29.5 Å². The summed E-state index contributed by atoms with van der Waals surface area (Å²) in [5.41, 5.74) is 18.1. The smallest absolute Gasteiger partial charge is 0.407 e. The summed E-state index contributed by atoms with van der Waals surface area (Å²) >= 11 is 1.39. The maximum atomic E-state index is 13.9. The Balaban J connectivity index is 0.00000117. The van der Waals surface area contributed by atoms with E-state index in [1.807, 2.05) is 45.4 Å². The molecule has 14 N–H and O–H groups in total. The number of amides is 7. The highest BCUT2D eigenvalue weighted by Crippen LogP contribution is 2.20. The monoisotopic (exact) mass is 1060 g/mol. The van der Waals surface area contributed by atoms with Gasteiger partial charge in [-0.2, -0.15) is 11.8 Å². The number of aromatic amines is 2. The van der Waals surface area contributed by atoms with Crippen LogP contribution in [0.4, 0.5) is 9.59 Å². The molecule has 0 spiro atoms. The van der Waals surface area contributed by atoms with Crippen LogP contribution in [0.15, 0.2) is 73.3 Å². The Morgan fingerprint density at radius 3 is 2.01 bits per heavy atom. The molecule has 23 nitrogen and oxygen atoms in total. The van der Waals surface area contributed by atoms with Gasteiger partial charge in [0, 0.05) is 61.2 Å². The van der Waals surface area contributed by atoms with Gasteiger partial charge in [0.15, 0.2) is 0 Å². The number of quaternary nitrogens is 1. The standard InChI is InChI=1S/C37H49N7O9S.C6H14N2O2.C5H9N3.ClH/c1-37(2,3)53-36(52)39-16-14-30(45)41-28(19-23-21-40-25-13-9-8-12-24(23)25)34(50)42-26(15-17-54-4)33(49)44-29(20-31(46)47)35(51)43-27(32(38)48)18-22-10-6-5-7-11-22;1-8(2,3)4-5-10-6(7)9;6-2-1-5-3-7-4-8-5;/h5-13,21,26-29,40H,14-20H2,1-4H3,(H2,38,48)(H,39,52)(H,41,45)(H,42,50)(H,43,51)(H,44,49)(H,46,47);4-5H2,1-3H3,(H-,7,9);3-4H,1-2,6H2,(H,7,8);1H/t26-,27-,28-,29-;;;/m0.../s1. The Morgan fingerprint density at radius 1 is 0.822 bits per heavy atom. The van der Waals surface area contributed by atoms with E-state index in [0.29, 0.717) is 30.0 Å². The second kappa shape index (κ2) is 33.0. The predicted molar refractivity (Wildman–Crippen MR) is 273 cm³/mol. The van der Waals surface area contributed by atoms with Crippen LogP contribution in [0, 0.1) is 0 Å². The first-order chi connectivity index (χ1) is 33.9. The van der Waals surface area contributed by atoms with Crippen LogP contribution in [-0.2, 0) is 57.5 Å². The first kappa shape index (κ1) is 64.1. The van der Waals surface area contributed by atoms with Crippen LogP contribution < -0.4 is 56.2 Å². The van der Waals surface area contributed by atoms with E-state index in [1.54, 1.807) is 76.1 Å². The van der Waals surface area contributed by atoms with Gasteiger partial charge in [-0.15, -0.1) is 0 Å². The number of H-pyrrole nitrogens is 2. The zero-order valence-electron chi connectivity index (χ0n) is 42.5. The Morgan fingerprint density at radius 2 is 1.44 bits per heavy atom. The zero-order valence-corrected chi connectivity index (χ0v) is 44.0. The molecule has 0 saturated heterocycles. The van der Waals surface area contributed by atoms with E-state index in [4.69, 9.17) is 21.9 Å². The molecule has 2 heterocycles. The fourth-order valence-corrected chi connectivity index (χ4v) is 6.83. The fourth-order valence-electron chi connectivity index (χ4n) is 6.36. The molecule has 2 aromatic heterocycles. The van der Waals surface area contributed by atoms with E-state index >= 15 is 0 Å². The number of nitrogens with zero attached hydrogens (tertiary/aromatic N) is 2. The highest BCUT2D eigenvalue weighted by Gasteiger charge is 2.32. The number of hydrogen-bond acceptors (Lipinski definition) is 13. The van der Waals surface area contributed by atoms with Gasteiger partial charge >= 0.3 is 18.2 Å². The van der Waals surface area contributed by atoms with Crippen molar-refractivity contribution in [1.82, 2.24) is 41.5 Å². The number of aliphatic carboxylic acids is 1. The van der Waals surface area contributed by atoms with Gasteiger partial charge in [-0.25, -0.2) is 14.6 Å². The molecule has 0 fully saturated rings. The Bertz CT molecular complexity index is 2340. The van der Waals surface area contributed by atoms with Crippen molar-refractivity contribution in [2.45, 2.75) is 89.1 Å². The number of carbonyl (C=O) groups is 8. The van der Waals surface area contributed by atoms with Crippen molar-refractivity contribution >= 4 is 70.4 Å². The van der Waals surface area contributed by atoms with E-state index in [1.165, 1.54) is 11.8 Å². The number of carboxylic acid groups (broad SMARTS) is 1. The molecule has 7 amide bonds. The van der Waals surface area contributed by atoms with Gasteiger partial charge in [0.05, 0.1) is 33.9 Å². The molecule has 0 radical (unpaired) electrons. The summed E-state index contributed by atoms with van der Waals surface area (Å²) in [6.45, 7) is 6.88. The average molecular weight is 1060 g/mol. The Hall–Kier alpha value is -6.89. The van der Waals surface area contributed by atoms with Crippen molar-refractivity contribution in [3.05, 3.63) is 90.1 Å². The van der Waals surface area contributed by atoms with E-state index in [-0.39, 0.29) is 44.6 Å². The summed E-state index contributed by atoms with van der Waals surface area (Å²) in [5.74, 6) is -4.95. The number of primary amides is 2. The third kappa shape index (κ3) is 27.5. The number of nitrogens with two attached hydrogens (primary N) is 3. The number of para-hydroxylation sites is 1. The summed E-state index contributed by atoms with van der Waals surface area (Å²) in [6, 6.07) is 10.8. The molecule has 0 aliphatic carbocycles. The number of benzene rings is 2. The largest absolute Gasteiger partial charge is 1.00 e. The number of thioether (sulfide) groups is 1. The minimum Gasteiger partial charge on any atom is -1.00 e. The summed E-state index contributed by atoms with van der Waals surface area (Å²) in [7, 11) is 6.05. The maximum Gasteiger partial charge on any atom is 0.407 e. The number of rotatable bonds is 25. The number of aromatic nitrogens is 3. The molecule has 0 bridgehead atoms. The topological polar surface area (TPSA) is 358 Å². The molecule has 2 aromatic carbocycles. The molecule has 4 atom stereocenters. The molecule has 73 heavy (non-hydrogen) atoms. The molecular weight excluding hydrogens is 988 g/mol. The van der Waals surface area contributed by atoms with Gasteiger partial charge in [-0.3, -0.25) is 28.8 Å². The van der Waals surface area contributed by atoms with E-state index < -0.39 is 83.9 Å². The lowest BCUT2D eigenvalue weighted by Gasteiger charge is -2.26. The van der Waals surface area contributed by atoms with Crippen LogP contribution in [0.2, 0.25) is 0 Å². The summed E-state index contributed by atoms with van der Waals surface area (Å²) < 4.78 is 10.5. The maximum absolute atomic E-state index is 13.9. The predicted octanol–water partition coefficient (Wildman–Crippen LogP) is -1.78. The minimum atomic E-state index is -1.62. The second-order valence-corrected chi connectivity index (χ2v) is 19.3. The zero-order chi connectivity index (χ0) is 53.9. The number of carbonyl (C=O) groups excluding carboxylic acids is 7. The molecule has 0 aliphatic heterocycles. The molecule has 0 aliphatic rings. The first-order valence-electron chi connectivity index (χ1n) is 23.1. The number of likely N-dealkylation sites (N-methyl/N-ethyl adjacent to an activating group) is 1. The average Bonchev–Trinajstić information content (AvgIpc) is 3.97. The molecule has 0 unspecified atom stereocenters. The third-order valence-electron chi connectivity index (χ3n) is 9.94. The van der Waals surface area contributed by atoms with Gasteiger partial charge in [-0.1, -0.05) is 48.5 Å². The van der Waals surface area contributed by atoms with Gasteiger partial charge in [-0.05, 0) is 62.9 Å². The van der Waals surface area contributed by atoms with Crippen molar-refractivity contribution in [2.24, 2.45) is 17.2 Å². The van der Waals surface area contributed by atoms with Crippen molar-refractivity contribution < 1.29 is 69.8 Å². The number of fused-ring (bicyclic) bond motifs is 1. The number of nitrogens with one attached hydrogen (secondary N) is 7. The van der Waals surface area contributed by atoms with Crippen LogP contribution >= 0.6 is 11.8 Å². The second-order valence-electron chi connectivity index (χ2n) is 18.3. The SMILES string of the molecule is CSCC[C@H](NC(=O)[C@H](Cc1c[nH]c2ccccc12)NC(=O)CCNC(=O)OC(C)(C)C)C(=O)N[C@@H](CC(=O)O)C(=O)N[C@@H](Cc1ccccc1)C(N)=O.C[N+](C)(C)CCOC(N)=O.NCCc1cnc[nH]1.[Cl-]. The van der Waals surface area contributed by atoms with Crippen LogP contribution in [0.1, 0.15) is 56.9 Å². The first-order valence-corrected chi connectivity index (χ1v) is 24.5. The van der Waals surface area contributed by atoms with Gasteiger partial charge in [0.25, 0.3) is 0 Å². The summed E-state index contributed by atoms with van der Waals surface area (Å²) in [6.07, 6.45) is 5.56. The molecule has 4 aromatic rings. The molecule has 4 rings (SSSR count). The quantitative estimate of drug-likeness (QED) is 0.0327. The minimum absolute atomic E-state index is 0. The highest BCUT2D eigenvalue weighted by atomic mass is 35.5. The van der Waals surface area contributed by atoms with Gasteiger partial charge < -0.3 is 85.2 Å². The van der Waals surface area contributed by atoms with Crippen LogP contribution in [0.25, 0.3) is 10.9 Å². The number of imidazole rings is 1. The highest BCUT2D eigenvalue weighted by molar-refractivity contribution is 7.98. The Labute approximate surface area is 436 Å². The van der Waals surface area contributed by atoms with Crippen LogP contribution in [0.3, 0.4) is 0 Å². The third-order valence-corrected chi connectivity index (χ3v) is 10.6. The van der Waals surface area contributed by atoms with E-state index in [2.05, 4.69) is 46.3 Å². The number of ether oxygens (including phenoxy) is 2. The lowest BCUT2D eigenvalue weighted by atomic mass is 10.0. The molecular formula is C48H73ClN12O11S. The Kier molecular flexibility index (Phi) is 29.0. The van der Waals surface area contributed by atoms with Crippen LogP contribution in [-0.4, -0.2) is 161 Å². The van der Waals surface area contributed by atoms with Gasteiger partial charge in [0.1, 0.15) is 42.9 Å². The van der Waals surface area contributed by atoms with E-state index in [9.17, 15) is 43.5 Å². The lowest BCUT2D eigenvalue weighted by Crippen LogP contribution is -3.00. The van der Waals surface area contributed by atoms with Crippen molar-refractivity contribution in [2.75, 3.05) is 59.4 Å². The number of hydrogen-bond donors (Lipinski definition) is 11. The number of carboxylic acids is 1. The van der Waals surface area contributed by atoms with Crippen LogP contribution in [0.5, 0.6) is 0 Å². The lowest BCUT2D eigenvalue weighted by molar-refractivity contribution is -0.870. The molecule has 0 saturated carbocycles. The number of alkyl carbamates (subject to hydrolysis) is 1. The molecule has 404 valence electrons. The van der Waals surface area contributed by atoms with Crippen molar-refractivity contribution in [1.29, 1.82) is 0 Å². The summed E-state index contributed by atoms with van der Waals surface area (Å²) in [5, 5.41) is 23.1. The number of halogens is 1. The van der Waals surface area contributed by atoms with Crippen molar-refractivity contribution in [3.63, 3.8) is 0 Å². The summed E-state index contributed by atoms with van der Waals surface area (Å²) in [4.78, 5) is 110.